The third-order valence-electron chi connectivity index (χ3n) is 2.96. The van der Waals surface area contributed by atoms with Crippen molar-refractivity contribution in [2.45, 2.75) is 20.1 Å². The molecule has 0 fully saturated rings. The zero-order chi connectivity index (χ0) is 15.2. The lowest BCUT2D eigenvalue weighted by Gasteiger charge is -2.19. The van der Waals surface area contributed by atoms with Crippen LogP contribution < -0.4 is 10.2 Å². The molecule has 0 radical (unpaired) electrons. The fourth-order valence-corrected chi connectivity index (χ4v) is 2.05. The molecule has 0 aliphatic rings. The number of methoxy groups -OCH3 is 1. The van der Waals surface area contributed by atoms with E-state index in [-0.39, 0.29) is 0 Å². The van der Waals surface area contributed by atoms with Crippen molar-refractivity contribution in [1.82, 2.24) is 19.7 Å². The van der Waals surface area contributed by atoms with Gasteiger partial charge in [-0.1, -0.05) is 0 Å². The van der Waals surface area contributed by atoms with Gasteiger partial charge in [-0.15, -0.1) is 0 Å². The van der Waals surface area contributed by atoms with Gasteiger partial charge in [0.2, 0.25) is 0 Å². The van der Waals surface area contributed by atoms with E-state index in [9.17, 15) is 0 Å². The van der Waals surface area contributed by atoms with Crippen molar-refractivity contribution in [2.75, 3.05) is 30.9 Å². The highest BCUT2D eigenvalue weighted by Gasteiger charge is 2.09. The first-order valence-electron chi connectivity index (χ1n) is 6.91. The van der Waals surface area contributed by atoms with Gasteiger partial charge in [0.05, 0.1) is 6.20 Å². The zero-order valence-electron chi connectivity index (χ0n) is 13.0. The van der Waals surface area contributed by atoms with E-state index in [0.29, 0.717) is 12.4 Å². The first-order valence-corrected chi connectivity index (χ1v) is 6.91. The Bertz CT molecular complexity index is 558. The van der Waals surface area contributed by atoms with Crippen LogP contribution in [0, 0.1) is 0 Å². The van der Waals surface area contributed by atoms with Crippen molar-refractivity contribution in [1.29, 1.82) is 0 Å². The van der Waals surface area contributed by atoms with Gasteiger partial charge >= 0.3 is 0 Å². The van der Waals surface area contributed by atoms with Crippen LogP contribution in [-0.4, -0.2) is 40.5 Å². The van der Waals surface area contributed by atoms with E-state index >= 15 is 0 Å². The van der Waals surface area contributed by atoms with Gasteiger partial charge in [0.25, 0.3) is 0 Å². The smallest absolute Gasteiger partial charge is 0.158 e. The van der Waals surface area contributed by atoms with Crippen molar-refractivity contribution in [3.63, 3.8) is 0 Å². The van der Waals surface area contributed by atoms with Crippen molar-refractivity contribution >= 4 is 11.6 Å². The number of nitrogens with one attached hydrogen (secondary N) is 1. The van der Waals surface area contributed by atoms with Crippen molar-refractivity contribution < 1.29 is 4.74 Å². The predicted molar refractivity (Wildman–Crippen MR) is 82.2 cm³/mol. The minimum absolute atomic E-state index is 0.396. The Kier molecular flexibility index (Phi) is 5.10. The van der Waals surface area contributed by atoms with E-state index in [1.807, 2.05) is 39.5 Å². The van der Waals surface area contributed by atoms with Gasteiger partial charge in [-0.25, -0.2) is 9.97 Å². The summed E-state index contributed by atoms with van der Waals surface area (Å²) in [7, 11) is 5.55. The Morgan fingerprint density at radius 3 is 2.81 bits per heavy atom. The molecule has 2 aromatic rings. The highest BCUT2D eigenvalue weighted by atomic mass is 16.5. The standard InChI is InChI=1S/C14H22N6O/c1-5-15-12-6-14(18-13(17-12)10-21-4)19(2)8-11-7-16-20(3)9-11/h6-7,9H,5,8,10H2,1-4H3,(H,15,17,18). The van der Waals surface area contributed by atoms with Crippen molar-refractivity contribution in [3.05, 3.63) is 29.8 Å². The van der Waals surface area contributed by atoms with E-state index in [1.54, 1.807) is 11.8 Å². The monoisotopic (exact) mass is 290 g/mol. The third-order valence-corrected chi connectivity index (χ3v) is 2.96. The topological polar surface area (TPSA) is 68.1 Å². The van der Waals surface area contributed by atoms with Crippen LogP contribution in [0.5, 0.6) is 0 Å². The van der Waals surface area contributed by atoms with Gasteiger partial charge in [0.1, 0.15) is 18.2 Å². The van der Waals surface area contributed by atoms with Crippen molar-refractivity contribution in [3.8, 4) is 0 Å². The molecule has 0 unspecified atom stereocenters. The second-order valence-corrected chi connectivity index (χ2v) is 4.87. The van der Waals surface area contributed by atoms with E-state index in [0.717, 1.165) is 30.3 Å². The molecule has 114 valence electrons. The summed E-state index contributed by atoms with van der Waals surface area (Å²) in [5.41, 5.74) is 1.14. The number of anilines is 2. The molecule has 0 amide bonds. The van der Waals surface area contributed by atoms with E-state index in [1.165, 1.54) is 0 Å². The van der Waals surface area contributed by atoms with Crippen LogP contribution in [0.4, 0.5) is 11.6 Å². The quantitative estimate of drug-likeness (QED) is 0.832. The van der Waals surface area contributed by atoms with Crippen LogP contribution >= 0.6 is 0 Å². The van der Waals surface area contributed by atoms with E-state index in [4.69, 9.17) is 4.74 Å². The number of ether oxygens (including phenoxy) is 1. The Labute approximate surface area is 125 Å². The molecule has 0 spiro atoms. The highest BCUT2D eigenvalue weighted by molar-refractivity contribution is 5.49. The molecule has 2 rings (SSSR count). The fraction of sp³-hybridized carbons (Fsp3) is 0.500. The molecule has 0 aromatic carbocycles. The Morgan fingerprint density at radius 1 is 1.38 bits per heavy atom. The van der Waals surface area contributed by atoms with Crippen LogP contribution in [0.2, 0.25) is 0 Å². The maximum absolute atomic E-state index is 5.13. The van der Waals surface area contributed by atoms with Crippen LogP contribution in [0.1, 0.15) is 18.3 Å². The summed E-state index contributed by atoms with van der Waals surface area (Å²) in [6.07, 6.45) is 3.86. The molecule has 2 aromatic heterocycles. The molecule has 7 heteroatoms. The SMILES string of the molecule is CCNc1cc(N(C)Cc2cnn(C)c2)nc(COC)n1. The minimum Gasteiger partial charge on any atom is -0.377 e. The van der Waals surface area contributed by atoms with Gasteiger partial charge in [-0.3, -0.25) is 4.68 Å². The number of hydrogen-bond acceptors (Lipinski definition) is 6. The highest BCUT2D eigenvalue weighted by Crippen LogP contribution is 2.17. The molecule has 1 N–H and O–H groups in total. The Balaban J connectivity index is 2.19. The zero-order valence-corrected chi connectivity index (χ0v) is 13.0. The maximum Gasteiger partial charge on any atom is 0.158 e. The molecular weight excluding hydrogens is 268 g/mol. The third kappa shape index (κ3) is 4.16. The number of aryl methyl sites for hydroxylation is 1. The molecule has 7 nitrogen and oxygen atoms in total. The first-order chi connectivity index (χ1) is 10.1. The normalized spacial score (nSPS) is 10.7. The van der Waals surface area contributed by atoms with E-state index in [2.05, 4.69) is 25.3 Å². The molecule has 21 heavy (non-hydrogen) atoms. The average Bonchev–Trinajstić information content (AvgIpc) is 2.84. The number of nitrogens with zero attached hydrogens (tertiary/aromatic N) is 5. The summed E-state index contributed by atoms with van der Waals surface area (Å²) in [5, 5.41) is 7.40. The van der Waals surface area contributed by atoms with E-state index < -0.39 is 0 Å². The predicted octanol–water partition coefficient (Wildman–Crippen LogP) is 1.42. The summed E-state index contributed by atoms with van der Waals surface area (Å²) >= 11 is 0. The molecule has 0 bridgehead atoms. The van der Waals surface area contributed by atoms with Gasteiger partial charge in [0.15, 0.2) is 5.82 Å². The Morgan fingerprint density at radius 2 is 2.19 bits per heavy atom. The largest absolute Gasteiger partial charge is 0.377 e. The summed E-state index contributed by atoms with van der Waals surface area (Å²) in [6, 6.07) is 1.94. The maximum atomic E-state index is 5.13. The lowest BCUT2D eigenvalue weighted by Crippen LogP contribution is -2.19. The average molecular weight is 290 g/mol. The molecule has 0 aliphatic carbocycles. The van der Waals surface area contributed by atoms with Crippen LogP contribution in [0.15, 0.2) is 18.5 Å². The van der Waals surface area contributed by atoms with Gasteiger partial charge < -0.3 is 15.0 Å². The molecule has 0 aliphatic heterocycles. The Hall–Kier alpha value is -2.15. The molecule has 0 saturated heterocycles. The minimum atomic E-state index is 0.396. The van der Waals surface area contributed by atoms with Gasteiger partial charge in [0, 0.05) is 52.1 Å². The van der Waals surface area contributed by atoms with Crippen LogP contribution in [0.25, 0.3) is 0 Å². The summed E-state index contributed by atoms with van der Waals surface area (Å²) < 4.78 is 6.93. The first kappa shape index (κ1) is 15.2. The lowest BCUT2D eigenvalue weighted by molar-refractivity contribution is 0.178. The second kappa shape index (κ2) is 7.03. The molecule has 2 heterocycles. The lowest BCUT2D eigenvalue weighted by atomic mass is 10.3. The van der Waals surface area contributed by atoms with Gasteiger partial charge in [-0.05, 0) is 6.92 Å². The summed E-state index contributed by atoms with van der Waals surface area (Å²) in [5.74, 6) is 2.34. The number of rotatable bonds is 7. The van der Waals surface area contributed by atoms with Crippen LogP contribution in [-0.2, 0) is 24.9 Å². The van der Waals surface area contributed by atoms with Gasteiger partial charge in [-0.2, -0.15) is 5.10 Å². The fourth-order valence-electron chi connectivity index (χ4n) is 2.05. The van der Waals surface area contributed by atoms with Crippen LogP contribution in [0.3, 0.4) is 0 Å². The molecule has 0 atom stereocenters. The second-order valence-electron chi connectivity index (χ2n) is 4.87. The summed E-state index contributed by atoms with van der Waals surface area (Å²) in [4.78, 5) is 11.0. The summed E-state index contributed by atoms with van der Waals surface area (Å²) in [6.45, 7) is 3.99. The molecular formula is C14H22N6O. The van der Waals surface area contributed by atoms with Crippen molar-refractivity contribution in [2.24, 2.45) is 7.05 Å². The number of hydrogen-bond donors (Lipinski definition) is 1. The number of aromatic nitrogens is 4. The molecule has 0 saturated carbocycles.